The highest BCUT2D eigenvalue weighted by atomic mass is 32.1. The molecule has 0 atom stereocenters. The minimum atomic E-state index is -0.518. The second-order valence-corrected chi connectivity index (χ2v) is 8.78. The van der Waals surface area contributed by atoms with Crippen molar-refractivity contribution in [1.82, 2.24) is 14.9 Å². The molecule has 2 aromatic heterocycles. The van der Waals surface area contributed by atoms with E-state index in [1.165, 1.54) is 4.88 Å². The molecule has 0 spiro atoms. The molecule has 1 aromatic carbocycles. The summed E-state index contributed by atoms with van der Waals surface area (Å²) in [5, 5.41) is 1.12. The summed E-state index contributed by atoms with van der Waals surface area (Å²) in [7, 11) is 0. The number of amides is 1. The Bertz CT molecular complexity index is 959. The van der Waals surface area contributed by atoms with Crippen LogP contribution in [-0.2, 0) is 10.2 Å². The molecule has 0 radical (unpaired) electrons. The van der Waals surface area contributed by atoms with Gasteiger partial charge in [-0.25, -0.2) is 9.97 Å². The van der Waals surface area contributed by atoms with E-state index in [1.807, 2.05) is 49.1 Å². The number of hydrogen-bond donors (Lipinski definition) is 0. The number of aryl methyl sites for hydroxylation is 1. The zero-order chi connectivity index (χ0) is 19.0. The number of nitrogens with zero attached hydrogens (tertiary/aromatic N) is 4. The Balaban J connectivity index is 1.49. The van der Waals surface area contributed by atoms with Gasteiger partial charge in [0.15, 0.2) is 0 Å². The van der Waals surface area contributed by atoms with Gasteiger partial charge >= 0.3 is 0 Å². The second kappa shape index (κ2) is 6.93. The van der Waals surface area contributed by atoms with Crippen LogP contribution in [0, 0.1) is 6.92 Å². The summed E-state index contributed by atoms with van der Waals surface area (Å²) in [4.78, 5) is 28.6. The fraction of sp³-hybridized carbons (Fsp3) is 0.381. The first-order valence-electron chi connectivity index (χ1n) is 9.28. The van der Waals surface area contributed by atoms with Crippen LogP contribution in [0.5, 0.6) is 0 Å². The standard InChI is InChI=1S/C21H24N4OS/c1-15-13-17-18(22-14-23-19(17)27-15)24-9-11-25(12-10-24)20(26)21(2,3)16-7-5-4-6-8-16/h4-8,13-14H,9-12H2,1-3H3. The number of fused-ring (bicyclic) bond motifs is 1. The molecule has 1 saturated heterocycles. The lowest BCUT2D eigenvalue weighted by Crippen LogP contribution is -2.53. The van der Waals surface area contributed by atoms with Gasteiger partial charge in [-0.15, -0.1) is 11.3 Å². The van der Waals surface area contributed by atoms with Crippen LogP contribution in [0.15, 0.2) is 42.7 Å². The van der Waals surface area contributed by atoms with E-state index in [9.17, 15) is 4.79 Å². The first kappa shape index (κ1) is 17.9. The van der Waals surface area contributed by atoms with Crippen molar-refractivity contribution in [2.45, 2.75) is 26.2 Å². The molecule has 3 aromatic rings. The quantitative estimate of drug-likeness (QED) is 0.696. The van der Waals surface area contributed by atoms with Gasteiger partial charge in [0.1, 0.15) is 17.0 Å². The molecule has 0 saturated carbocycles. The lowest BCUT2D eigenvalue weighted by molar-refractivity contribution is -0.136. The van der Waals surface area contributed by atoms with Crippen LogP contribution in [0.1, 0.15) is 24.3 Å². The molecule has 1 fully saturated rings. The zero-order valence-corrected chi connectivity index (χ0v) is 16.8. The molecular formula is C21H24N4OS. The minimum absolute atomic E-state index is 0.188. The number of aromatic nitrogens is 2. The summed E-state index contributed by atoms with van der Waals surface area (Å²) in [6.07, 6.45) is 1.64. The molecule has 0 bridgehead atoms. The van der Waals surface area contributed by atoms with E-state index in [1.54, 1.807) is 17.7 Å². The predicted molar refractivity (Wildman–Crippen MR) is 110 cm³/mol. The Morgan fingerprint density at radius 2 is 1.78 bits per heavy atom. The number of hydrogen-bond acceptors (Lipinski definition) is 5. The van der Waals surface area contributed by atoms with Crippen molar-refractivity contribution in [3.05, 3.63) is 53.2 Å². The summed E-state index contributed by atoms with van der Waals surface area (Å²) in [6, 6.07) is 12.2. The summed E-state index contributed by atoms with van der Waals surface area (Å²) in [5.74, 6) is 1.17. The summed E-state index contributed by atoms with van der Waals surface area (Å²) < 4.78 is 0. The van der Waals surface area contributed by atoms with Crippen molar-refractivity contribution < 1.29 is 4.79 Å². The molecule has 0 unspecified atom stereocenters. The summed E-state index contributed by atoms with van der Waals surface area (Å²) in [5.41, 5.74) is 0.541. The van der Waals surface area contributed by atoms with Gasteiger partial charge in [0.25, 0.3) is 0 Å². The number of benzene rings is 1. The highest BCUT2D eigenvalue weighted by Crippen LogP contribution is 2.31. The van der Waals surface area contributed by atoms with Crippen molar-refractivity contribution in [2.75, 3.05) is 31.1 Å². The van der Waals surface area contributed by atoms with Crippen molar-refractivity contribution in [3.8, 4) is 0 Å². The molecule has 6 heteroatoms. The monoisotopic (exact) mass is 380 g/mol. The van der Waals surface area contributed by atoms with Crippen LogP contribution < -0.4 is 4.90 Å². The summed E-state index contributed by atoms with van der Waals surface area (Å²) >= 11 is 1.69. The highest BCUT2D eigenvalue weighted by Gasteiger charge is 2.35. The maximum absolute atomic E-state index is 13.2. The SMILES string of the molecule is Cc1cc2c(N3CCN(C(=O)C(C)(C)c4ccccc4)CC3)ncnc2s1. The highest BCUT2D eigenvalue weighted by molar-refractivity contribution is 7.18. The number of anilines is 1. The van der Waals surface area contributed by atoms with Crippen molar-refractivity contribution in [1.29, 1.82) is 0 Å². The topological polar surface area (TPSA) is 49.3 Å². The maximum Gasteiger partial charge on any atom is 0.232 e. The molecule has 1 aliphatic heterocycles. The Hall–Kier alpha value is -2.47. The normalized spacial score (nSPS) is 15.4. The lowest BCUT2D eigenvalue weighted by Gasteiger charge is -2.39. The zero-order valence-electron chi connectivity index (χ0n) is 16.0. The third kappa shape index (κ3) is 3.30. The minimum Gasteiger partial charge on any atom is -0.352 e. The van der Waals surface area contributed by atoms with E-state index in [4.69, 9.17) is 0 Å². The molecule has 0 aliphatic carbocycles. The number of carbonyl (C=O) groups excluding carboxylic acids is 1. The van der Waals surface area contributed by atoms with E-state index in [0.717, 1.165) is 34.7 Å². The van der Waals surface area contributed by atoms with Crippen molar-refractivity contribution in [2.24, 2.45) is 0 Å². The second-order valence-electron chi connectivity index (χ2n) is 7.54. The Kier molecular flexibility index (Phi) is 4.60. The van der Waals surface area contributed by atoms with Crippen LogP contribution in [0.4, 0.5) is 5.82 Å². The van der Waals surface area contributed by atoms with Gasteiger partial charge in [-0.05, 0) is 32.4 Å². The first-order chi connectivity index (χ1) is 13.0. The van der Waals surface area contributed by atoms with Crippen LogP contribution in [-0.4, -0.2) is 47.0 Å². The third-order valence-electron chi connectivity index (χ3n) is 5.33. The Labute approximate surface area is 163 Å². The molecule has 0 N–H and O–H groups in total. The Morgan fingerprint density at radius 1 is 1.07 bits per heavy atom. The molecule has 27 heavy (non-hydrogen) atoms. The van der Waals surface area contributed by atoms with Crippen molar-refractivity contribution in [3.63, 3.8) is 0 Å². The average Bonchev–Trinajstić information content (AvgIpc) is 3.08. The van der Waals surface area contributed by atoms with E-state index in [-0.39, 0.29) is 5.91 Å². The molecular weight excluding hydrogens is 356 g/mol. The smallest absolute Gasteiger partial charge is 0.232 e. The average molecular weight is 381 g/mol. The van der Waals surface area contributed by atoms with Gasteiger partial charge in [-0.2, -0.15) is 0 Å². The molecule has 5 nitrogen and oxygen atoms in total. The molecule has 3 heterocycles. The number of thiophene rings is 1. The molecule has 4 rings (SSSR count). The van der Waals surface area contributed by atoms with Gasteiger partial charge in [0.2, 0.25) is 5.91 Å². The fourth-order valence-electron chi connectivity index (χ4n) is 3.71. The number of rotatable bonds is 3. The number of piperazine rings is 1. The Morgan fingerprint density at radius 3 is 2.48 bits per heavy atom. The van der Waals surface area contributed by atoms with E-state index in [2.05, 4.69) is 27.9 Å². The van der Waals surface area contributed by atoms with E-state index >= 15 is 0 Å². The fourth-order valence-corrected chi connectivity index (χ4v) is 4.55. The molecule has 1 amide bonds. The van der Waals surface area contributed by atoms with E-state index < -0.39 is 5.41 Å². The largest absolute Gasteiger partial charge is 0.352 e. The molecule has 140 valence electrons. The van der Waals surface area contributed by atoms with Crippen molar-refractivity contribution >= 4 is 33.3 Å². The van der Waals surface area contributed by atoms with Gasteiger partial charge < -0.3 is 9.80 Å². The van der Waals surface area contributed by atoms with E-state index in [0.29, 0.717) is 13.1 Å². The molecule has 1 aliphatic rings. The van der Waals surface area contributed by atoms with Gasteiger partial charge in [0.05, 0.1) is 10.8 Å². The maximum atomic E-state index is 13.2. The van der Waals surface area contributed by atoms with Crippen LogP contribution in [0.25, 0.3) is 10.2 Å². The van der Waals surface area contributed by atoms with Crippen LogP contribution in [0.3, 0.4) is 0 Å². The lowest BCUT2D eigenvalue weighted by atomic mass is 9.83. The summed E-state index contributed by atoms with van der Waals surface area (Å²) in [6.45, 7) is 9.12. The van der Waals surface area contributed by atoms with Gasteiger partial charge in [-0.1, -0.05) is 30.3 Å². The number of carbonyl (C=O) groups is 1. The first-order valence-corrected chi connectivity index (χ1v) is 10.1. The van der Waals surface area contributed by atoms with Crippen LogP contribution in [0.2, 0.25) is 0 Å². The van der Waals surface area contributed by atoms with Gasteiger partial charge in [-0.3, -0.25) is 4.79 Å². The predicted octanol–water partition coefficient (Wildman–Crippen LogP) is 3.63. The van der Waals surface area contributed by atoms with Crippen LogP contribution >= 0.6 is 11.3 Å². The van der Waals surface area contributed by atoms with Gasteiger partial charge in [0, 0.05) is 31.1 Å². The third-order valence-corrected chi connectivity index (χ3v) is 6.29.